The lowest BCUT2D eigenvalue weighted by Gasteiger charge is -2.41. The van der Waals surface area contributed by atoms with Crippen molar-refractivity contribution in [3.8, 4) is 44.5 Å². The molecule has 304 valence electrons. The van der Waals surface area contributed by atoms with E-state index < -0.39 is 0 Å². The minimum atomic E-state index is 0.442. The van der Waals surface area contributed by atoms with Crippen LogP contribution in [0.1, 0.15) is 0 Å². The van der Waals surface area contributed by atoms with Crippen molar-refractivity contribution in [1.82, 2.24) is 0 Å². The Balaban J connectivity index is 1.22. The zero-order valence-electron chi connectivity index (χ0n) is 38.3. The Labute approximate surface area is 394 Å². The van der Waals surface area contributed by atoms with Gasteiger partial charge in [0.15, 0.2) is 0 Å². The Morgan fingerprint density at radius 2 is 0.727 bits per heavy atom. The van der Waals surface area contributed by atoms with Gasteiger partial charge in [0.1, 0.15) is 47.1 Å². The summed E-state index contributed by atoms with van der Waals surface area (Å²) in [4.78, 5) is 2.70. The van der Waals surface area contributed by atoms with Gasteiger partial charge in [0.25, 0.3) is 0 Å². The molecule has 66 heavy (non-hydrogen) atoms. The summed E-state index contributed by atoms with van der Waals surface area (Å²) in [6.45, 7) is 0. The van der Waals surface area contributed by atoms with Crippen LogP contribution in [0.2, 0.25) is 0 Å². The van der Waals surface area contributed by atoms with Crippen molar-refractivity contribution >= 4 is 159 Å². The molecule has 1 heterocycles. The molecule has 0 bridgehead atoms. The molecule has 1 aliphatic rings. The Kier molecular flexibility index (Phi) is 9.78. The summed E-state index contributed by atoms with van der Waals surface area (Å²) >= 11 is 0. The van der Waals surface area contributed by atoms with E-state index in [0.29, 0.717) is 8.58 Å². The number of fused-ring (bicyclic) bond motifs is 8. The molecule has 1 atom stereocenters. The first-order valence-electron chi connectivity index (χ1n) is 23.2. The van der Waals surface area contributed by atoms with Crippen molar-refractivity contribution in [2.45, 2.75) is 0 Å². The third-order valence-corrected chi connectivity index (χ3v) is 16.5. The van der Waals surface area contributed by atoms with E-state index in [1.165, 1.54) is 148 Å². The highest BCUT2D eigenvalue weighted by Gasteiger charge is 2.35. The van der Waals surface area contributed by atoms with Gasteiger partial charge in [0.2, 0.25) is 0 Å². The first kappa shape index (κ1) is 40.6. The molecule has 0 N–H and O–H groups in total. The van der Waals surface area contributed by atoms with Gasteiger partial charge in [-0.05, 0) is 98.9 Å². The molecule has 1 unspecified atom stereocenters. The van der Waals surface area contributed by atoms with Gasteiger partial charge in [0, 0.05) is 16.8 Å². The predicted octanol–water partition coefficient (Wildman–Crippen LogP) is 4.93. The first-order valence-corrected chi connectivity index (χ1v) is 24.2. The maximum Gasteiger partial charge on any atom is 0.141 e. The molecule has 0 aliphatic carbocycles. The van der Waals surface area contributed by atoms with E-state index in [9.17, 15) is 0 Å². The molecule has 0 saturated heterocycles. The van der Waals surface area contributed by atoms with Gasteiger partial charge < -0.3 is 4.90 Å². The van der Waals surface area contributed by atoms with E-state index in [0.717, 1.165) is 0 Å². The van der Waals surface area contributed by atoms with E-state index in [1.807, 2.05) is 0 Å². The maximum atomic E-state index is 2.70. The first-order chi connectivity index (χ1) is 32.3. The third kappa shape index (κ3) is 6.06. The highest BCUT2D eigenvalue weighted by atomic mass is 31.1. The van der Waals surface area contributed by atoms with Crippen LogP contribution in [0.15, 0.2) is 188 Å². The molecule has 8 heteroatoms. The van der Waals surface area contributed by atoms with Gasteiger partial charge in [-0.15, -0.1) is 0 Å². The lowest BCUT2D eigenvalue weighted by Crippen LogP contribution is -2.53. The smallest absolute Gasteiger partial charge is 0.141 e. The molecule has 0 saturated carbocycles. The number of anilines is 3. The largest absolute Gasteiger partial charge is 0.310 e. The molecule has 12 rings (SSSR count). The normalized spacial score (nSPS) is 12.6. The average Bonchev–Trinajstić information content (AvgIpc) is 3.37. The van der Waals surface area contributed by atoms with Crippen molar-refractivity contribution in [1.29, 1.82) is 0 Å². The minimum absolute atomic E-state index is 0.442. The molecule has 11 aromatic carbocycles. The summed E-state index contributed by atoms with van der Waals surface area (Å²) in [5.74, 6) is 0. The molecule has 1 nitrogen and oxygen atoms in total. The fourth-order valence-corrected chi connectivity index (χ4v) is 13.2. The van der Waals surface area contributed by atoms with Gasteiger partial charge in [-0.3, -0.25) is 0 Å². The number of nitrogens with zero attached hydrogens (tertiary/aromatic N) is 1. The SMILES string of the molecule is Bc1c(B)c2c(c(B)c1-c1ccccc1-c1ccccc1)Pc1c(B)c(-c3c(-c4ccccc4)c4ccccc4c4ccccc34)c(B)c(B)c1N2c1cc2ccccc2c2ccccc12. The average molecular weight is 851 g/mol. The highest BCUT2D eigenvalue weighted by molar-refractivity contribution is 7.58. The lowest BCUT2D eigenvalue weighted by atomic mass is 9.67. The van der Waals surface area contributed by atoms with E-state index in [1.54, 1.807) is 0 Å². The van der Waals surface area contributed by atoms with Crippen LogP contribution >= 0.6 is 8.58 Å². The second kappa shape index (κ2) is 15.9. The lowest BCUT2D eigenvalue weighted by molar-refractivity contribution is 1.35. The van der Waals surface area contributed by atoms with Crippen LogP contribution in [-0.4, -0.2) is 47.1 Å². The van der Waals surface area contributed by atoms with Crippen LogP contribution < -0.4 is 48.3 Å². The number of benzene rings is 11. The van der Waals surface area contributed by atoms with Crippen LogP contribution in [0.3, 0.4) is 0 Å². The van der Waals surface area contributed by atoms with Gasteiger partial charge >= 0.3 is 0 Å². The molecule has 0 amide bonds. The fourth-order valence-electron chi connectivity index (χ4n) is 11.5. The predicted molar refractivity (Wildman–Crippen MR) is 310 cm³/mol. The zero-order valence-corrected chi connectivity index (χ0v) is 39.3. The molecular weight excluding hydrogens is 806 g/mol. The third-order valence-electron chi connectivity index (χ3n) is 14.8. The molecule has 0 radical (unpaired) electrons. The minimum Gasteiger partial charge on any atom is -0.310 e. The molecular formula is C58H44B6NP. The standard InChI is InChI=1S/C58H44B6NP/c59-49-47(41-28-14-9-22-35(41)32-17-3-1-4-18-32)51(61)57-55(53(49)63)65(44-31-34-21-7-8-23-36(34)37-24-10-13-27-40(37)44)56-54(64)50(60)48(52(62)58(56)66-57)46-43-30-16-12-26-39(43)38-25-11-15-29-42(38)45(46)33-19-5-2-6-20-33/h1-31,66H,59-64H2. The van der Waals surface area contributed by atoms with Crippen LogP contribution in [0.4, 0.5) is 17.1 Å². The summed E-state index contributed by atoms with van der Waals surface area (Å²) < 4.78 is 0. The van der Waals surface area contributed by atoms with Crippen LogP contribution in [0.25, 0.3) is 87.6 Å². The van der Waals surface area contributed by atoms with Crippen molar-refractivity contribution in [2.75, 3.05) is 4.90 Å². The van der Waals surface area contributed by atoms with E-state index >= 15 is 0 Å². The zero-order chi connectivity index (χ0) is 44.8. The summed E-state index contributed by atoms with van der Waals surface area (Å²) in [6, 6.07) is 69.6. The second-order valence-electron chi connectivity index (χ2n) is 18.2. The topological polar surface area (TPSA) is 3.24 Å². The molecule has 0 fully saturated rings. The van der Waals surface area contributed by atoms with E-state index in [2.05, 4.69) is 240 Å². The second-order valence-corrected chi connectivity index (χ2v) is 19.4. The van der Waals surface area contributed by atoms with Gasteiger partial charge in [-0.1, -0.05) is 223 Å². The maximum absolute atomic E-state index is 2.70. The van der Waals surface area contributed by atoms with Crippen LogP contribution in [-0.2, 0) is 0 Å². The fraction of sp³-hybridized carbons (Fsp3) is 0. The van der Waals surface area contributed by atoms with Gasteiger partial charge in [0.05, 0.1) is 5.69 Å². The molecule has 1 aliphatic heterocycles. The number of rotatable bonds is 5. The quantitative estimate of drug-likeness (QED) is 0.135. The monoisotopic (exact) mass is 851 g/mol. The van der Waals surface area contributed by atoms with Crippen molar-refractivity contribution in [2.24, 2.45) is 0 Å². The summed E-state index contributed by atoms with van der Waals surface area (Å²) in [7, 11) is 14.8. The summed E-state index contributed by atoms with van der Waals surface area (Å²) in [5.41, 5.74) is 22.3. The highest BCUT2D eigenvalue weighted by Crippen LogP contribution is 2.47. The van der Waals surface area contributed by atoms with Crippen molar-refractivity contribution in [3.63, 3.8) is 0 Å². The van der Waals surface area contributed by atoms with Crippen LogP contribution in [0, 0.1) is 0 Å². The molecule has 0 spiro atoms. The number of hydrogen-bond donors (Lipinski definition) is 0. The molecule has 0 aromatic heterocycles. The van der Waals surface area contributed by atoms with Crippen molar-refractivity contribution in [3.05, 3.63) is 188 Å². The summed E-state index contributed by atoms with van der Waals surface area (Å²) in [5, 5.41) is 13.1. The van der Waals surface area contributed by atoms with E-state index in [4.69, 9.17) is 0 Å². The van der Waals surface area contributed by atoms with Gasteiger partial charge in [-0.2, -0.15) is 0 Å². The van der Waals surface area contributed by atoms with Gasteiger partial charge in [-0.25, -0.2) is 0 Å². The summed E-state index contributed by atoms with van der Waals surface area (Å²) in [6.07, 6.45) is 0. The Morgan fingerprint density at radius 1 is 0.303 bits per heavy atom. The van der Waals surface area contributed by atoms with Crippen molar-refractivity contribution < 1.29 is 0 Å². The Morgan fingerprint density at radius 3 is 1.33 bits per heavy atom. The van der Waals surface area contributed by atoms with Crippen LogP contribution in [0.5, 0.6) is 0 Å². The molecule has 11 aromatic rings. The van der Waals surface area contributed by atoms with E-state index in [-0.39, 0.29) is 0 Å². The Hall–Kier alpha value is -6.92. The number of hydrogen-bond acceptors (Lipinski definition) is 1. The Bertz CT molecular complexity index is 3820.